The van der Waals surface area contributed by atoms with Crippen LogP contribution in [-0.4, -0.2) is 15.6 Å². The Morgan fingerprint density at radius 2 is 2.00 bits per heavy atom. The number of rotatable bonds is 4. The molecule has 0 radical (unpaired) electrons. The van der Waals surface area contributed by atoms with Crippen molar-refractivity contribution in [3.8, 4) is 11.3 Å². The highest BCUT2D eigenvalue weighted by Gasteiger charge is 2.07. The van der Waals surface area contributed by atoms with Crippen LogP contribution in [0.4, 0.5) is 0 Å². The molecule has 1 aromatic carbocycles. The fourth-order valence-corrected chi connectivity index (χ4v) is 1.91. The van der Waals surface area contributed by atoms with Crippen LogP contribution in [-0.2, 0) is 11.3 Å². The molecule has 0 bridgehead atoms. The molecule has 1 heterocycles. The van der Waals surface area contributed by atoms with Gasteiger partial charge >= 0.3 is 5.97 Å². The summed E-state index contributed by atoms with van der Waals surface area (Å²) in [5, 5.41) is 8.73. The Labute approximate surface area is 100 Å². The Hall–Kier alpha value is -2.03. The minimum Gasteiger partial charge on any atom is -0.481 e. The van der Waals surface area contributed by atoms with Crippen LogP contribution in [0.5, 0.6) is 0 Å². The zero-order chi connectivity index (χ0) is 12.3. The smallest absolute Gasteiger partial charge is 0.305 e. The monoisotopic (exact) mass is 229 g/mol. The van der Waals surface area contributed by atoms with Gasteiger partial charge < -0.3 is 9.67 Å². The third-order valence-corrected chi connectivity index (χ3v) is 2.67. The second-order valence-electron chi connectivity index (χ2n) is 4.11. The third-order valence-electron chi connectivity index (χ3n) is 2.67. The van der Waals surface area contributed by atoms with E-state index in [1.807, 2.05) is 48.0 Å². The lowest BCUT2D eigenvalue weighted by atomic mass is 10.1. The van der Waals surface area contributed by atoms with Gasteiger partial charge in [0.15, 0.2) is 0 Å². The maximum atomic E-state index is 10.6. The molecule has 3 nitrogen and oxygen atoms in total. The van der Waals surface area contributed by atoms with Gasteiger partial charge in [0.05, 0.1) is 6.42 Å². The van der Waals surface area contributed by atoms with Gasteiger partial charge in [0, 0.05) is 18.4 Å². The highest BCUT2D eigenvalue weighted by Crippen LogP contribution is 2.22. The molecule has 0 amide bonds. The summed E-state index contributed by atoms with van der Waals surface area (Å²) >= 11 is 0. The fraction of sp³-hybridized carbons (Fsp3) is 0.214. The van der Waals surface area contributed by atoms with Crippen LogP contribution in [0.25, 0.3) is 11.3 Å². The van der Waals surface area contributed by atoms with Crippen LogP contribution in [0, 0.1) is 6.92 Å². The van der Waals surface area contributed by atoms with E-state index in [0.717, 1.165) is 16.8 Å². The van der Waals surface area contributed by atoms with E-state index in [1.165, 1.54) is 0 Å². The van der Waals surface area contributed by atoms with E-state index in [4.69, 9.17) is 5.11 Å². The lowest BCUT2D eigenvalue weighted by Gasteiger charge is -2.07. The maximum Gasteiger partial charge on any atom is 0.305 e. The van der Waals surface area contributed by atoms with E-state index in [0.29, 0.717) is 6.54 Å². The van der Waals surface area contributed by atoms with E-state index < -0.39 is 5.97 Å². The van der Waals surface area contributed by atoms with Crippen molar-refractivity contribution in [2.45, 2.75) is 19.9 Å². The van der Waals surface area contributed by atoms with E-state index in [-0.39, 0.29) is 6.42 Å². The van der Waals surface area contributed by atoms with Crippen molar-refractivity contribution in [2.75, 3.05) is 0 Å². The number of benzene rings is 1. The standard InChI is InChI=1S/C14H15NO2/c1-11-9-13(12-5-3-2-4-6-12)15(10-11)8-7-14(16)17/h2-6,9-10H,7-8H2,1H3,(H,16,17). The number of aliphatic carboxylic acids is 1. The average molecular weight is 229 g/mol. The van der Waals surface area contributed by atoms with Crippen LogP contribution in [0.3, 0.4) is 0 Å². The summed E-state index contributed by atoms with van der Waals surface area (Å²) in [5.74, 6) is -0.768. The fourth-order valence-electron chi connectivity index (χ4n) is 1.91. The normalized spacial score (nSPS) is 10.4. The molecular formula is C14H15NO2. The molecule has 0 unspecified atom stereocenters. The maximum absolute atomic E-state index is 10.6. The van der Waals surface area contributed by atoms with Gasteiger partial charge in [0.2, 0.25) is 0 Å². The third kappa shape index (κ3) is 2.75. The number of nitrogens with zero attached hydrogens (tertiary/aromatic N) is 1. The molecule has 0 saturated heterocycles. The molecule has 0 spiro atoms. The lowest BCUT2D eigenvalue weighted by molar-refractivity contribution is -0.137. The molecule has 17 heavy (non-hydrogen) atoms. The quantitative estimate of drug-likeness (QED) is 0.875. The van der Waals surface area contributed by atoms with Crippen LogP contribution in [0.2, 0.25) is 0 Å². The zero-order valence-corrected chi connectivity index (χ0v) is 9.76. The van der Waals surface area contributed by atoms with Crippen LogP contribution in [0.15, 0.2) is 42.6 Å². The molecule has 0 aliphatic heterocycles. The summed E-state index contributed by atoms with van der Waals surface area (Å²) in [4.78, 5) is 10.6. The topological polar surface area (TPSA) is 42.2 Å². The number of aryl methyl sites for hydroxylation is 2. The van der Waals surface area contributed by atoms with E-state index >= 15 is 0 Å². The van der Waals surface area contributed by atoms with E-state index in [9.17, 15) is 4.79 Å². The number of carboxylic acid groups (broad SMARTS) is 1. The Bertz CT molecular complexity index is 514. The highest BCUT2D eigenvalue weighted by atomic mass is 16.4. The summed E-state index contributed by atoms with van der Waals surface area (Å²) in [6.07, 6.45) is 2.14. The molecule has 88 valence electrons. The molecule has 0 atom stereocenters. The van der Waals surface area contributed by atoms with E-state index in [2.05, 4.69) is 6.07 Å². The van der Waals surface area contributed by atoms with Gasteiger partial charge in [0.25, 0.3) is 0 Å². The first-order valence-corrected chi connectivity index (χ1v) is 5.61. The summed E-state index contributed by atoms with van der Waals surface area (Å²) < 4.78 is 2.00. The van der Waals surface area contributed by atoms with Crippen molar-refractivity contribution in [2.24, 2.45) is 0 Å². The van der Waals surface area contributed by atoms with Gasteiger partial charge in [0.1, 0.15) is 0 Å². The second kappa shape index (κ2) is 4.87. The molecule has 2 aromatic rings. The Kier molecular flexibility index (Phi) is 3.28. The van der Waals surface area contributed by atoms with Gasteiger partial charge in [-0.25, -0.2) is 0 Å². The van der Waals surface area contributed by atoms with Crippen molar-refractivity contribution in [1.29, 1.82) is 0 Å². The number of carboxylic acids is 1. The van der Waals surface area contributed by atoms with Crippen molar-refractivity contribution in [3.63, 3.8) is 0 Å². The molecule has 0 saturated carbocycles. The van der Waals surface area contributed by atoms with E-state index in [1.54, 1.807) is 0 Å². The summed E-state index contributed by atoms with van der Waals surface area (Å²) in [6, 6.07) is 12.1. The SMILES string of the molecule is Cc1cc(-c2ccccc2)n(CCC(=O)O)c1. The van der Waals surface area contributed by atoms with Gasteiger partial charge in [-0.15, -0.1) is 0 Å². The number of carbonyl (C=O) groups is 1. The Morgan fingerprint density at radius 1 is 1.29 bits per heavy atom. The van der Waals surface area contributed by atoms with Crippen LogP contribution >= 0.6 is 0 Å². The molecular weight excluding hydrogens is 214 g/mol. The predicted octanol–water partition coefficient (Wildman–Crippen LogP) is 2.94. The molecule has 3 heteroatoms. The van der Waals surface area contributed by atoms with Crippen molar-refractivity contribution >= 4 is 5.97 Å². The molecule has 1 N–H and O–H groups in total. The van der Waals surface area contributed by atoms with Crippen LogP contribution < -0.4 is 0 Å². The largest absolute Gasteiger partial charge is 0.481 e. The zero-order valence-electron chi connectivity index (χ0n) is 9.76. The number of aromatic nitrogens is 1. The summed E-state index contributed by atoms with van der Waals surface area (Å²) in [7, 11) is 0. The van der Waals surface area contributed by atoms with Gasteiger partial charge in [-0.3, -0.25) is 4.79 Å². The Balaban J connectivity index is 2.31. The van der Waals surface area contributed by atoms with Crippen molar-refractivity contribution in [1.82, 2.24) is 4.57 Å². The Morgan fingerprint density at radius 3 is 2.65 bits per heavy atom. The first-order valence-electron chi connectivity index (χ1n) is 5.61. The molecule has 0 fully saturated rings. The number of hydrogen-bond donors (Lipinski definition) is 1. The highest BCUT2D eigenvalue weighted by molar-refractivity contribution is 5.67. The van der Waals surface area contributed by atoms with Crippen molar-refractivity contribution in [3.05, 3.63) is 48.2 Å². The minimum atomic E-state index is -0.768. The predicted molar refractivity (Wildman–Crippen MR) is 66.9 cm³/mol. The van der Waals surface area contributed by atoms with Crippen molar-refractivity contribution < 1.29 is 9.90 Å². The van der Waals surface area contributed by atoms with Gasteiger partial charge in [-0.1, -0.05) is 30.3 Å². The summed E-state index contributed by atoms with van der Waals surface area (Å²) in [5.41, 5.74) is 3.34. The number of hydrogen-bond acceptors (Lipinski definition) is 1. The summed E-state index contributed by atoms with van der Waals surface area (Å²) in [6.45, 7) is 2.52. The molecule has 0 aliphatic rings. The van der Waals surface area contributed by atoms with Crippen LogP contribution in [0.1, 0.15) is 12.0 Å². The first kappa shape index (κ1) is 11.5. The minimum absolute atomic E-state index is 0.147. The molecule has 0 aliphatic carbocycles. The second-order valence-corrected chi connectivity index (χ2v) is 4.11. The lowest BCUT2D eigenvalue weighted by Crippen LogP contribution is -2.04. The average Bonchev–Trinajstić information content (AvgIpc) is 2.69. The van der Waals surface area contributed by atoms with Gasteiger partial charge in [-0.2, -0.15) is 0 Å². The first-order chi connectivity index (χ1) is 8.16. The van der Waals surface area contributed by atoms with Gasteiger partial charge in [-0.05, 0) is 24.1 Å². The molecule has 2 rings (SSSR count). The molecule has 1 aromatic heterocycles.